The van der Waals surface area contributed by atoms with Crippen molar-refractivity contribution >= 4 is 22.5 Å². The molecule has 0 aliphatic rings. The lowest BCUT2D eigenvalue weighted by Gasteiger charge is -2.09. The highest BCUT2D eigenvalue weighted by Crippen LogP contribution is 2.33. The molecule has 140 valence electrons. The van der Waals surface area contributed by atoms with Gasteiger partial charge >= 0.3 is 5.97 Å². The van der Waals surface area contributed by atoms with Gasteiger partial charge in [0.05, 0.1) is 27.6 Å². The van der Waals surface area contributed by atoms with E-state index >= 15 is 0 Å². The summed E-state index contributed by atoms with van der Waals surface area (Å²) in [5, 5.41) is 11.5. The fraction of sp³-hybridized carbons (Fsp3) is 0.190. The molecule has 0 amide bonds. The third-order valence-corrected chi connectivity index (χ3v) is 4.17. The number of aliphatic hydroxyl groups excluding tert-OH is 1. The summed E-state index contributed by atoms with van der Waals surface area (Å²) in [5.74, 6) is 0.447. The number of para-hydroxylation sites is 1. The Balaban J connectivity index is 2.07. The number of rotatable bonds is 6. The van der Waals surface area contributed by atoms with Crippen LogP contribution in [0.5, 0.6) is 5.75 Å². The number of hydrogen-bond donors (Lipinski definition) is 1. The number of ether oxygens (including phenoxy) is 3. The molecule has 3 aromatic rings. The molecule has 0 fully saturated rings. The zero-order valence-electron chi connectivity index (χ0n) is 15.3. The molecule has 1 heterocycles. The summed E-state index contributed by atoms with van der Waals surface area (Å²) in [5.41, 5.74) is 1.84. The molecule has 6 nitrogen and oxygen atoms in total. The molecular weight excluding hydrogens is 348 g/mol. The molecule has 27 heavy (non-hydrogen) atoms. The Kier molecular flexibility index (Phi) is 5.47. The highest BCUT2D eigenvalue weighted by Gasteiger charge is 2.21. The van der Waals surface area contributed by atoms with Crippen LogP contribution in [0, 0.1) is 0 Å². The highest BCUT2D eigenvalue weighted by atomic mass is 16.5. The van der Waals surface area contributed by atoms with Gasteiger partial charge in [-0.15, -0.1) is 0 Å². The average molecular weight is 368 g/mol. The lowest BCUT2D eigenvalue weighted by Crippen LogP contribution is -2.04. The fourth-order valence-electron chi connectivity index (χ4n) is 2.86. The van der Waals surface area contributed by atoms with E-state index in [9.17, 15) is 9.90 Å². The van der Waals surface area contributed by atoms with E-state index in [0.717, 1.165) is 5.39 Å². The van der Waals surface area contributed by atoms with E-state index in [2.05, 4.69) is 0 Å². The molecule has 3 rings (SSSR count). The first-order chi connectivity index (χ1) is 13.1. The number of esters is 1. The third kappa shape index (κ3) is 3.66. The van der Waals surface area contributed by atoms with E-state index in [1.165, 1.54) is 20.5 Å². The van der Waals surface area contributed by atoms with Crippen LogP contribution in [-0.4, -0.2) is 32.4 Å². The quantitative estimate of drug-likeness (QED) is 0.406. The second kappa shape index (κ2) is 7.97. The molecule has 0 aliphatic carbocycles. The second-order valence-corrected chi connectivity index (χ2v) is 5.81. The van der Waals surface area contributed by atoms with Crippen LogP contribution in [0.2, 0.25) is 0 Å². The van der Waals surface area contributed by atoms with Crippen molar-refractivity contribution in [2.75, 3.05) is 21.3 Å². The summed E-state index contributed by atoms with van der Waals surface area (Å²) < 4.78 is 21.0. The van der Waals surface area contributed by atoms with Gasteiger partial charge in [0.1, 0.15) is 28.8 Å². The zero-order chi connectivity index (χ0) is 19.4. The van der Waals surface area contributed by atoms with Gasteiger partial charge < -0.3 is 23.7 Å². The molecule has 1 atom stereocenters. The number of carbonyl (C=O) groups is 1. The number of benzene rings is 2. The van der Waals surface area contributed by atoms with E-state index in [0.29, 0.717) is 28.2 Å². The fourth-order valence-corrected chi connectivity index (χ4v) is 2.86. The van der Waals surface area contributed by atoms with E-state index in [-0.39, 0.29) is 5.57 Å². The molecule has 0 radical (unpaired) electrons. The minimum absolute atomic E-state index is 0.224. The zero-order valence-corrected chi connectivity index (χ0v) is 15.3. The maximum absolute atomic E-state index is 12.1. The number of furan rings is 1. The molecular formula is C21H20O6. The van der Waals surface area contributed by atoms with Crippen LogP contribution >= 0.6 is 0 Å². The Bertz CT molecular complexity index is 985. The minimum Gasteiger partial charge on any atom is -0.503 e. The molecule has 1 N–H and O–H groups in total. The molecule has 1 unspecified atom stereocenters. The molecule has 2 aromatic carbocycles. The van der Waals surface area contributed by atoms with E-state index in [1.807, 2.05) is 6.07 Å². The van der Waals surface area contributed by atoms with Crippen molar-refractivity contribution < 1.29 is 28.5 Å². The van der Waals surface area contributed by atoms with Gasteiger partial charge in [0.2, 0.25) is 0 Å². The van der Waals surface area contributed by atoms with Gasteiger partial charge in [-0.3, -0.25) is 0 Å². The summed E-state index contributed by atoms with van der Waals surface area (Å²) >= 11 is 0. The molecule has 6 heteroatoms. The first-order valence-electron chi connectivity index (χ1n) is 8.25. The van der Waals surface area contributed by atoms with Crippen molar-refractivity contribution in [1.29, 1.82) is 0 Å². The largest absolute Gasteiger partial charge is 0.503 e. The van der Waals surface area contributed by atoms with Crippen LogP contribution in [0.25, 0.3) is 16.5 Å². The third-order valence-electron chi connectivity index (χ3n) is 4.17. The van der Waals surface area contributed by atoms with E-state index < -0.39 is 12.1 Å². The van der Waals surface area contributed by atoms with Gasteiger partial charge in [0.25, 0.3) is 0 Å². The van der Waals surface area contributed by atoms with Crippen molar-refractivity contribution in [1.82, 2.24) is 0 Å². The lowest BCUT2D eigenvalue weighted by molar-refractivity contribution is -0.133. The monoisotopic (exact) mass is 368 g/mol. The molecule has 0 spiro atoms. The average Bonchev–Trinajstić information content (AvgIpc) is 3.15. The lowest BCUT2D eigenvalue weighted by atomic mass is 10.0. The predicted molar refractivity (Wildman–Crippen MR) is 100 cm³/mol. The molecule has 0 aliphatic heterocycles. The van der Waals surface area contributed by atoms with Crippen molar-refractivity contribution in [2.45, 2.75) is 6.10 Å². The summed E-state index contributed by atoms with van der Waals surface area (Å²) in [4.78, 5) is 12.1. The van der Waals surface area contributed by atoms with Gasteiger partial charge in [-0.1, -0.05) is 30.3 Å². The summed E-state index contributed by atoms with van der Waals surface area (Å²) in [6.07, 6.45) is 0.328. The summed E-state index contributed by atoms with van der Waals surface area (Å²) in [6, 6.07) is 14.2. The predicted octanol–water partition coefficient (Wildman–Crippen LogP) is 3.68. The van der Waals surface area contributed by atoms with Crippen molar-refractivity contribution in [3.05, 3.63) is 71.7 Å². The van der Waals surface area contributed by atoms with Crippen LogP contribution in [0.1, 0.15) is 23.0 Å². The second-order valence-electron chi connectivity index (χ2n) is 5.81. The van der Waals surface area contributed by atoms with Crippen molar-refractivity contribution in [3.63, 3.8) is 0 Å². The number of fused-ring (bicyclic) bond motifs is 1. The number of aliphatic hydroxyl groups is 1. The molecule has 0 bridgehead atoms. The Labute approximate surface area is 156 Å². The topological polar surface area (TPSA) is 78.1 Å². The SMILES string of the molecule is COC=C(C(=O)OC)c1cccc2cc(C(O)c3cccc(OC)c3)oc12. The number of hydrogen-bond acceptors (Lipinski definition) is 6. The van der Waals surface area contributed by atoms with Crippen LogP contribution in [0.4, 0.5) is 0 Å². The van der Waals surface area contributed by atoms with E-state index in [4.69, 9.17) is 18.6 Å². The van der Waals surface area contributed by atoms with Gasteiger partial charge in [-0.25, -0.2) is 4.79 Å². The first kappa shape index (κ1) is 18.5. The minimum atomic E-state index is -0.978. The first-order valence-corrected chi connectivity index (χ1v) is 8.25. The van der Waals surface area contributed by atoms with Gasteiger partial charge in [-0.05, 0) is 23.8 Å². The molecule has 0 saturated carbocycles. The maximum atomic E-state index is 12.1. The van der Waals surface area contributed by atoms with Crippen molar-refractivity contribution in [2.24, 2.45) is 0 Å². The molecule has 0 saturated heterocycles. The highest BCUT2D eigenvalue weighted by molar-refractivity contribution is 6.19. The Morgan fingerprint density at radius 1 is 1.11 bits per heavy atom. The molecule has 1 aromatic heterocycles. The Morgan fingerprint density at radius 3 is 2.59 bits per heavy atom. The maximum Gasteiger partial charge on any atom is 0.341 e. The Hall–Kier alpha value is -3.25. The van der Waals surface area contributed by atoms with E-state index in [1.54, 1.807) is 49.6 Å². The summed E-state index contributed by atoms with van der Waals surface area (Å²) in [6.45, 7) is 0. The standard InChI is InChI=1S/C21H20O6/c1-24-12-17(21(23)26-3)16-9-5-7-14-11-18(27-20(14)16)19(22)13-6-4-8-15(10-13)25-2/h4-12,19,22H,1-3H3. The van der Waals surface area contributed by atoms with Crippen LogP contribution in [0.15, 0.2) is 59.2 Å². The van der Waals surface area contributed by atoms with Gasteiger partial charge in [-0.2, -0.15) is 0 Å². The van der Waals surface area contributed by atoms with Crippen molar-refractivity contribution in [3.8, 4) is 5.75 Å². The van der Waals surface area contributed by atoms with Crippen LogP contribution in [0.3, 0.4) is 0 Å². The Morgan fingerprint density at radius 2 is 1.89 bits per heavy atom. The number of carbonyl (C=O) groups excluding carboxylic acids is 1. The van der Waals surface area contributed by atoms with Crippen LogP contribution in [-0.2, 0) is 14.3 Å². The van der Waals surface area contributed by atoms with Gasteiger partial charge in [0, 0.05) is 10.9 Å². The van der Waals surface area contributed by atoms with Gasteiger partial charge in [0.15, 0.2) is 0 Å². The van der Waals surface area contributed by atoms with Crippen LogP contribution < -0.4 is 4.74 Å². The normalized spacial score (nSPS) is 12.7. The summed E-state index contributed by atoms with van der Waals surface area (Å²) in [7, 11) is 4.31. The smallest absolute Gasteiger partial charge is 0.341 e. The number of methoxy groups -OCH3 is 3.